The zero-order valence-corrected chi connectivity index (χ0v) is 19.8. The van der Waals surface area contributed by atoms with Crippen LogP contribution in [0.25, 0.3) is 0 Å². The van der Waals surface area contributed by atoms with Crippen molar-refractivity contribution in [2.45, 2.75) is 83.5 Å². The predicted molar refractivity (Wildman–Crippen MR) is 127 cm³/mol. The van der Waals surface area contributed by atoms with Crippen LogP contribution >= 0.6 is 0 Å². The second kappa shape index (κ2) is 11.4. The average Bonchev–Trinajstić information content (AvgIpc) is 2.76. The van der Waals surface area contributed by atoms with Crippen molar-refractivity contribution in [2.24, 2.45) is 0 Å². The fraction of sp³-hybridized carbons (Fsp3) is 0.500. The van der Waals surface area contributed by atoms with Gasteiger partial charge in [-0.15, -0.1) is 6.42 Å². The molecule has 1 fully saturated rings. The number of terminal acetylenes is 2. The lowest BCUT2D eigenvalue weighted by Gasteiger charge is -2.31. The molecule has 1 aliphatic rings. The summed E-state index contributed by atoms with van der Waals surface area (Å²) in [5.74, 6) is 1.53. The Kier molecular flexibility index (Phi) is 8.94. The third kappa shape index (κ3) is 7.29. The van der Waals surface area contributed by atoms with Crippen molar-refractivity contribution in [3.8, 4) is 24.8 Å². The number of ether oxygens (including phenoxy) is 1. The molecule has 0 radical (unpaired) electrons. The van der Waals surface area contributed by atoms with E-state index in [1.165, 1.54) is 6.92 Å². The number of amides is 3. The van der Waals surface area contributed by atoms with Crippen LogP contribution in [0.4, 0.5) is 4.79 Å². The molecule has 0 saturated heterocycles. The molecule has 1 saturated carbocycles. The van der Waals surface area contributed by atoms with Crippen LogP contribution in [0.2, 0.25) is 0 Å². The molecule has 176 valence electrons. The normalized spacial score (nSPS) is 15.8. The van der Waals surface area contributed by atoms with E-state index in [2.05, 4.69) is 22.6 Å². The second-order valence-electron chi connectivity index (χ2n) is 9.18. The Balaban J connectivity index is 2.33. The number of hydrogen-bond acceptors (Lipinski definition) is 4. The number of nitrogens with one attached hydrogen (secondary N) is 2. The minimum Gasteiger partial charge on any atom is -0.444 e. The first kappa shape index (κ1) is 25.8. The van der Waals surface area contributed by atoms with Crippen LogP contribution in [-0.4, -0.2) is 40.5 Å². The summed E-state index contributed by atoms with van der Waals surface area (Å²) < 4.78 is 5.22. The lowest BCUT2D eigenvalue weighted by Crippen LogP contribution is -2.51. The molecule has 1 aliphatic carbocycles. The van der Waals surface area contributed by atoms with Crippen LogP contribution in [-0.2, 0) is 14.3 Å². The summed E-state index contributed by atoms with van der Waals surface area (Å²) in [7, 11) is 0. The summed E-state index contributed by atoms with van der Waals surface area (Å²) in [6, 6.07) is 7.04. The number of benzene rings is 1. The van der Waals surface area contributed by atoms with Crippen LogP contribution < -0.4 is 10.6 Å². The molecule has 0 spiro atoms. The number of alkyl carbamates (subject to hydrolysis) is 1. The van der Waals surface area contributed by atoms with Crippen molar-refractivity contribution in [3.05, 3.63) is 35.4 Å². The van der Waals surface area contributed by atoms with Gasteiger partial charge >= 0.3 is 6.09 Å². The molecule has 3 amide bonds. The number of carbonyl (C=O) groups excluding carboxylic acids is 3. The maximum absolute atomic E-state index is 13.4. The van der Waals surface area contributed by atoms with Crippen LogP contribution in [0.5, 0.6) is 0 Å². The maximum Gasteiger partial charge on any atom is 0.408 e. The third-order valence-electron chi connectivity index (χ3n) is 5.35. The number of hydrogen-bond donors (Lipinski definition) is 2. The Morgan fingerprint density at radius 1 is 1.12 bits per heavy atom. The van der Waals surface area contributed by atoms with Crippen molar-refractivity contribution < 1.29 is 19.1 Å². The Morgan fingerprint density at radius 2 is 1.76 bits per heavy atom. The number of rotatable bonds is 6. The molecule has 2 rings (SSSR count). The summed E-state index contributed by atoms with van der Waals surface area (Å²) in [4.78, 5) is 39.9. The smallest absolute Gasteiger partial charge is 0.408 e. The molecule has 0 aromatic heterocycles. The minimum absolute atomic E-state index is 0.0128. The van der Waals surface area contributed by atoms with Gasteiger partial charge in [0.2, 0.25) is 5.91 Å². The largest absolute Gasteiger partial charge is 0.444 e. The molecule has 1 aromatic rings. The van der Waals surface area contributed by atoms with Gasteiger partial charge in [-0.25, -0.2) is 4.79 Å². The first-order chi connectivity index (χ1) is 15.6. The quantitative estimate of drug-likeness (QED) is 0.512. The van der Waals surface area contributed by atoms with Crippen LogP contribution in [0, 0.1) is 24.8 Å². The number of carbonyl (C=O) groups is 3. The van der Waals surface area contributed by atoms with Gasteiger partial charge in [-0.1, -0.05) is 49.8 Å². The minimum atomic E-state index is -1.14. The van der Waals surface area contributed by atoms with Gasteiger partial charge in [0, 0.05) is 23.2 Å². The summed E-state index contributed by atoms with van der Waals surface area (Å²) >= 11 is 0. The molecule has 2 unspecified atom stereocenters. The molecular formula is C26H33N3O4. The first-order valence-corrected chi connectivity index (χ1v) is 11.2. The molecule has 7 heteroatoms. The van der Waals surface area contributed by atoms with E-state index >= 15 is 0 Å². The SMILES string of the molecule is C#Cc1ccccc1C(C(=O)NC1CCCCC1)N(C#C)C(=O)C(C)NC(=O)OC(C)(C)C. The van der Waals surface area contributed by atoms with E-state index in [9.17, 15) is 14.4 Å². The maximum atomic E-state index is 13.4. The van der Waals surface area contributed by atoms with E-state index in [1.807, 2.05) is 0 Å². The summed E-state index contributed by atoms with van der Waals surface area (Å²) in [5, 5.41) is 5.53. The van der Waals surface area contributed by atoms with Crippen molar-refractivity contribution >= 4 is 17.9 Å². The summed E-state index contributed by atoms with van der Waals surface area (Å²) in [5.41, 5.74) is 0.179. The van der Waals surface area contributed by atoms with Crippen molar-refractivity contribution in [2.75, 3.05) is 0 Å². The van der Waals surface area contributed by atoms with E-state index in [0.717, 1.165) is 37.0 Å². The Labute approximate surface area is 196 Å². The lowest BCUT2D eigenvalue weighted by molar-refractivity contribution is -0.138. The molecule has 1 aromatic carbocycles. The molecule has 0 bridgehead atoms. The van der Waals surface area contributed by atoms with Crippen molar-refractivity contribution in [1.29, 1.82) is 0 Å². The van der Waals surface area contributed by atoms with E-state index in [0.29, 0.717) is 11.1 Å². The van der Waals surface area contributed by atoms with Gasteiger partial charge in [0.05, 0.1) is 0 Å². The fourth-order valence-electron chi connectivity index (χ4n) is 3.81. The molecule has 0 aliphatic heterocycles. The Bertz CT molecular complexity index is 946. The summed E-state index contributed by atoms with van der Waals surface area (Å²) in [6.45, 7) is 6.64. The molecular weight excluding hydrogens is 418 g/mol. The van der Waals surface area contributed by atoms with Crippen LogP contribution in [0.1, 0.15) is 77.0 Å². The second-order valence-corrected chi connectivity index (χ2v) is 9.18. The highest BCUT2D eigenvalue weighted by atomic mass is 16.6. The van der Waals surface area contributed by atoms with Gasteiger partial charge in [0.25, 0.3) is 5.91 Å². The van der Waals surface area contributed by atoms with E-state index in [4.69, 9.17) is 17.6 Å². The van der Waals surface area contributed by atoms with Gasteiger partial charge in [-0.2, -0.15) is 0 Å². The fourth-order valence-corrected chi connectivity index (χ4v) is 3.81. The number of nitrogens with zero attached hydrogens (tertiary/aromatic N) is 1. The van der Waals surface area contributed by atoms with Gasteiger partial charge in [0.15, 0.2) is 0 Å². The Hall–Kier alpha value is -3.45. The predicted octanol–water partition coefficient (Wildman–Crippen LogP) is 3.49. The zero-order chi connectivity index (χ0) is 24.6. The zero-order valence-electron chi connectivity index (χ0n) is 19.8. The first-order valence-electron chi connectivity index (χ1n) is 11.2. The molecule has 33 heavy (non-hydrogen) atoms. The van der Waals surface area contributed by atoms with Gasteiger partial charge in [-0.05, 0) is 46.6 Å². The Morgan fingerprint density at radius 3 is 2.33 bits per heavy atom. The standard InChI is InChI=1S/C26H33N3O4/c1-7-19-14-12-13-17-21(19)22(23(30)28-20-15-10-9-11-16-20)29(8-2)24(31)18(3)27-25(32)33-26(4,5)6/h1-2,12-14,17-18,20,22H,9-11,15-16H2,3-6H3,(H,27,32)(H,28,30). The van der Waals surface area contributed by atoms with E-state index < -0.39 is 35.6 Å². The van der Waals surface area contributed by atoms with Crippen LogP contribution in [0.3, 0.4) is 0 Å². The molecule has 7 nitrogen and oxygen atoms in total. The van der Waals surface area contributed by atoms with Crippen molar-refractivity contribution in [1.82, 2.24) is 15.5 Å². The highest BCUT2D eigenvalue weighted by Crippen LogP contribution is 2.26. The van der Waals surface area contributed by atoms with Gasteiger partial charge in [-0.3, -0.25) is 14.5 Å². The third-order valence-corrected chi connectivity index (χ3v) is 5.35. The van der Waals surface area contributed by atoms with Gasteiger partial charge in [0.1, 0.15) is 17.7 Å². The summed E-state index contributed by atoms with van der Waals surface area (Å²) in [6.07, 6.45) is 15.6. The van der Waals surface area contributed by atoms with Crippen LogP contribution in [0.15, 0.2) is 24.3 Å². The van der Waals surface area contributed by atoms with Gasteiger partial charge < -0.3 is 15.4 Å². The monoisotopic (exact) mass is 451 g/mol. The highest BCUT2D eigenvalue weighted by Gasteiger charge is 2.36. The lowest BCUT2D eigenvalue weighted by atomic mass is 9.94. The molecule has 0 heterocycles. The van der Waals surface area contributed by atoms with Crippen molar-refractivity contribution in [3.63, 3.8) is 0 Å². The van der Waals surface area contributed by atoms with E-state index in [-0.39, 0.29) is 6.04 Å². The van der Waals surface area contributed by atoms with E-state index in [1.54, 1.807) is 45.0 Å². The molecule has 2 atom stereocenters. The highest BCUT2D eigenvalue weighted by molar-refractivity contribution is 5.93. The molecule has 2 N–H and O–H groups in total. The topological polar surface area (TPSA) is 87.7 Å². The average molecular weight is 452 g/mol.